The fourth-order valence-electron chi connectivity index (χ4n) is 1.76. The average molecular weight is 330 g/mol. The van der Waals surface area contributed by atoms with Gasteiger partial charge < -0.3 is 9.67 Å². The number of carbonyl (C=O) groups is 1. The highest BCUT2D eigenvalue weighted by Gasteiger charge is 2.13. The highest BCUT2D eigenvalue weighted by molar-refractivity contribution is 7.99. The molecule has 8 nitrogen and oxygen atoms in total. The van der Waals surface area contributed by atoms with Crippen molar-refractivity contribution in [2.24, 2.45) is 0 Å². The van der Waals surface area contributed by atoms with Crippen LogP contribution in [-0.2, 0) is 21.4 Å². The molecule has 0 fully saturated rings. The number of imidazole rings is 1. The Hall–Kier alpha value is -1.65. The van der Waals surface area contributed by atoms with Gasteiger partial charge in [-0.2, -0.15) is 0 Å². The Morgan fingerprint density at radius 1 is 1.52 bits per heavy atom. The highest BCUT2D eigenvalue weighted by atomic mass is 32.2. The van der Waals surface area contributed by atoms with E-state index in [9.17, 15) is 13.2 Å². The molecule has 21 heavy (non-hydrogen) atoms. The molecule has 0 aliphatic carbocycles. The van der Waals surface area contributed by atoms with Crippen molar-refractivity contribution < 1.29 is 18.3 Å². The van der Waals surface area contributed by atoms with E-state index in [0.29, 0.717) is 17.2 Å². The van der Waals surface area contributed by atoms with Gasteiger partial charge in [-0.15, -0.1) is 0 Å². The SMILES string of the molecule is CS(=O)(=O)NCCn1c(SCC(=O)O)nc2cnccc21. The lowest BCUT2D eigenvalue weighted by Crippen LogP contribution is -2.26. The minimum absolute atomic E-state index is 0.115. The van der Waals surface area contributed by atoms with E-state index in [4.69, 9.17) is 5.11 Å². The van der Waals surface area contributed by atoms with Gasteiger partial charge in [0.15, 0.2) is 5.16 Å². The number of carboxylic acid groups (broad SMARTS) is 1. The Morgan fingerprint density at radius 3 is 2.95 bits per heavy atom. The van der Waals surface area contributed by atoms with Crippen molar-refractivity contribution >= 4 is 38.8 Å². The first-order chi connectivity index (χ1) is 9.87. The van der Waals surface area contributed by atoms with Gasteiger partial charge in [0.25, 0.3) is 0 Å². The molecule has 2 heterocycles. The van der Waals surface area contributed by atoms with Crippen molar-refractivity contribution in [2.45, 2.75) is 11.7 Å². The summed E-state index contributed by atoms with van der Waals surface area (Å²) in [5.74, 6) is -1.05. The number of aromatic nitrogens is 3. The molecular formula is C11H14N4O4S2. The van der Waals surface area contributed by atoms with E-state index in [1.807, 2.05) is 0 Å². The third-order valence-electron chi connectivity index (χ3n) is 2.54. The predicted octanol–water partition coefficient (Wildman–Crippen LogP) is 0.157. The van der Waals surface area contributed by atoms with Crippen molar-refractivity contribution in [1.82, 2.24) is 19.3 Å². The summed E-state index contributed by atoms with van der Waals surface area (Å²) in [4.78, 5) is 19.0. The molecule has 10 heteroatoms. The van der Waals surface area contributed by atoms with Crippen LogP contribution in [0.5, 0.6) is 0 Å². The van der Waals surface area contributed by atoms with Gasteiger partial charge in [0.2, 0.25) is 10.0 Å². The molecule has 2 aromatic heterocycles. The number of rotatable bonds is 7. The van der Waals surface area contributed by atoms with Crippen molar-refractivity contribution in [2.75, 3.05) is 18.6 Å². The average Bonchev–Trinajstić information content (AvgIpc) is 2.73. The number of nitrogens with one attached hydrogen (secondary N) is 1. The van der Waals surface area contributed by atoms with Crippen LogP contribution in [0.25, 0.3) is 11.0 Å². The van der Waals surface area contributed by atoms with Gasteiger partial charge >= 0.3 is 5.97 Å². The summed E-state index contributed by atoms with van der Waals surface area (Å²) >= 11 is 1.09. The smallest absolute Gasteiger partial charge is 0.313 e. The lowest BCUT2D eigenvalue weighted by molar-refractivity contribution is -0.133. The number of thioether (sulfide) groups is 1. The number of pyridine rings is 1. The number of hydrogen-bond acceptors (Lipinski definition) is 6. The van der Waals surface area contributed by atoms with Crippen LogP contribution >= 0.6 is 11.8 Å². The first-order valence-corrected chi connectivity index (χ1v) is 8.84. The Kier molecular flexibility index (Phi) is 4.80. The van der Waals surface area contributed by atoms with Gasteiger partial charge in [-0.3, -0.25) is 9.78 Å². The fourth-order valence-corrected chi connectivity index (χ4v) is 2.98. The zero-order chi connectivity index (χ0) is 15.5. The largest absolute Gasteiger partial charge is 0.481 e. The number of carboxylic acids is 1. The van der Waals surface area contributed by atoms with E-state index in [-0.39, 0.29) is 12.3 Å². The zero-order valence-corrected chi connectivity index (χ0v) is 12.8. The minimum atomic E-state index is -3.27. The van der Waals surface area contributed by atoms with Gasteiger partial charge in [0.1, 0.15) is 5.52 Å². The monoisotopic (exact) mass is 330 g/mol. The second-order valence-electron chi connectivity index (χ2n) is 4.26. The summed E-state index contributed by atoms with van der Waals surface area (Å²) in [5.41, 5.74) is 1.43. The first-order valence-electron chi connectivity index (χ1n) is 5.96. The summed E-state index contributed by atoms with van der Waals surface area (Å²) in [5, 5.41) is 9.29. The second kappa shape index (κ2) is 6.41. The molecule has 0 bridgehead atoms. The molecule has 114 valence electrons. The topological polar surface area (TPSA) is 114 Å². The normalized spacial score (nSPS) is 11.9. The summed E-state index contributed by atoms with van der Waals surface area (Å²) in [7, 11) is -3.27. The van der Waals surface area contributed by atoms with Crippen LogP contribution < -0.4 is 4.72 Å². The van der Waals surface area contributed by atoms with E-state index in [1.54, 1.807) is 23.0 Å². The summed E-state index contributed by atoms with van der Waals surface area (Å²) in [6, 6.07) is 1.76. The molecule has 0 saturated heterocycles. The molecule has 0 aliphatic heterocycles. The Balaban J connectivity index is 2.24. The molecule has 0 saturated carbocycles. The summed E-state index contributed by atoms with van der Waals surface area (Å²) in [6.07, 6.45) is 4.28. The highest BCUT2D eigenvalue weighted by Crippen LogP contribution is 2.23. The van der Waals surface area contributed by atoms with Crippen LogP contribution in [0.3, 0.4) is 0 Å². The lowest BCUT2D eigenvalue weighted by atomic mass is 10.4. The number of hydrogen-bond donors (Lipinski definition) is 2. The van der Waals surface area contributed by atoms with E-state index >= 15 is 0 Å². The van der Waals surface area contributed by atoms with E-state index in [2.05, 4.69) is 14.7 Å². The number of sulfonamides is 1. The number of fused-ring (bicyclic) bond motifs is 1. The van der Waals surface area contributed by atoms with Crippen molar-refractivity contribution in [3.8, 4) is 0 Å². The Labute approximate surface area is 125 Å². The maximum absolute atomic E-state index is 11.1. The molecule has 0 atom stereocenters. The Morgan fingerprint density at radius 2 is 2.29 bits per heavy atom. The number of aliphatic carboxylic acids is 1. The lowest BCUT2D eigenvalue weighted by Gasteiger charge is -2.08. The molecule has 2 aromatic rings. The molecule has 0 aromatic carbocycles. The molecule has 0 radical (unpaired) electrons. The second-order valence-corrected chi connectivity index (χ2v) is 7.03. The minimum Gasteiger partial charge on any atom is -0.481 e. The predicted molar refractivity (Wildman–Crippen MR) is 78.7 cm³/mol. The standard InChI is InChI=1S/C11H14N4O4S2/c1-21(18,19)13-4-5-15-9-2-3-12-6-8(9)14-11(15)20-7-10(16)17/h2-3,6,13H,4-5,7H2,1H3,(H,16,17). The maximum atomic E-state index is 11.1. The van der Waals surface area contributed by atoms with Crippen molar-refractivity contribution in [1.29, 1.82) is 0 Å². The van der Waals surface area contributed by atoms with Crippen LogP contribution in [0, 0.1) is 0 Å². The molecule has 0 spiro atoms. The summed E-state index contributed by atoms with van der Waals surface area (Å²) < 4.78 is 26.4. The van der Waals surface area contributed by atoms with E-state index < -0.39 is 16.0 Å². The van der Waals surface area contributed by atoms with Crippen LogP contribution in [0.4, 0.5) is 0 Å². The molecular weight excluding hydrogens is 316 g/mol. The molecule has 2 rings (SSSR count). The van der Waals surface area contributed by atoms with E-state index in [0.717, 1.165) is 23.5 Å². The van der Waals surface area contributed by atoms with Crippen LogP contribution in [0.1, 0.15) is 0 Å². The van der Waals surface area contributed by atoms with Crippen molar-refractivity contribution in [3.63, 3.8) is 0 Å². The molecule has 0 aliphatic rings. The van der Waals surface area contributed by atoms with Gasteiger partial charge in [-0.05, 0) is 6.07 Å². The first kappa shape index (κ1) is 15.7. The molecule has 0 amide bonds. The van der Waals surface area contributed by atoms with Crippen LogP contribution in [-0.4, -0.2) is 52.6 Å². The van der Waals surface area contributed by atoms with E-state index in [1.165, 1.54) is 0 Å². The van der Waals surface area contributed by atoms with Crippen LogP contribution in [0.15, 0.2) is 23.6 Å². The summed E-state index contributed by atoms with van der Waals surface area (Å²) in [6.45, 7) is 0.558. The van der Waals surface area contributed by atoms with Crippen molar-refractivity contribution in [3.05, 3.63) is 18.5 Å². The number of nitrogens with zero attached hydrogens (tertiary/aromatic N) is 3. The third kappa shape index (κ3) is 4.41. The van der Waals surface area contributed by atoms with Gasteiger partial charge in [-0.25, -0.2) is 18.1 Å². The van der Waals surface area contributed by atoms with Gasteiger partial charge in [-0.1, -0.05) is 11.8 Å². The van der Waals surface area contributed by atoms with Gasteiger partial charge in [0, 0.05) is 19.3 Å². The van der Waals surface area contributed by atoms with Gasteiger partial charge in [0.05, 0.1) is 23.7 Å². The fraction of sp³-hybridized carbons (Fsp3) is 0.364. The maximum Gasteiger partial charge on any atom is 0.313 e. The zero-order valence-electron chi connectivity index (χ0n) is 11.2. The van der Waals surface area contributed by atoms with Crippen LogP contribution in [0.2, 0.25) is 0 Å². The molecule has 0 unspecified atom stereocenters. The quantitative estimate of drug-likeness (QED) is 0.695. The third-order valence-corrected chi connectivity index (χ3v) is 4.23. The Bertz CT molecular complexity index is 757. The molecule has 2 N–H and O–H groups in total.